The van der Waals surface area contributed by atoms with Gasteiger partial charge in [0.15, 0.2) is 25.2 Å². The summed E-state index contributed by atoms with van der Waals surface area (Å²) in [6, 6.07) is -3.58. The zero-order valence-electron chi connectivity index (χ0n) is 36.2. The molecular weight excluding hydrogens is 936 g/mol. The van der Waals surface area contributed by atoms with Crippen molar-refractivity contribution in [2.45, 2.75) is 173 Å². The van der Waals surface area contributed by atoms with E-state index < -0.39 is 210 Å². The molecule has 25 unspecified atom stereocenters. The van der Waals surface area contributed by atoms with Crippen molar-refractivity contribution < 1.29 is 144 Å². The van der Waals surface area contributed by atoms with Crippen LogP contribution in [0.3, 0.4) is 0 Å². The summed E-state index contributed by atoms with van der Waals surface area (Å²) >= 11 is 0. The molecule has 4 rings (SSSR count). The van der Waals surface area contributed by atoms with Gasteiger partial charge in [0.2, 0.25) is 11.8 Å². The normalized spacial score (nSPS) is 41.6. The smallest absolute Gasteiger partial charge is 0.364 e. The Morgan fingerprint density at radius 2 is 1.21 bits per heavy atom. The third-order valence-electron chi connectivity index (χ3n) is 11.6. The fraction of sp³-hybridized carbons (Fsp3) is 0.892. The van der Waals surface area contributed by atoms with Gasteiger partial charge >= 0.3 is 5.97 Å². The van der Waals surface area contributed by atoms with Gasteiger partial charge in [-0.15, -0.1) is 0 Å². The largest absolute Gasteiger partial charge is 0.477 e. The van der Waals surface area contributed by atoms with Gasteiger partial charge in [0.25, 0.3) is 5.79 Å². The lowest BCUT2D eigenvalue weighted by Crippen LogP contribution is -2.71. The van der Waals surface area contributed by atoms with Gasteiger partial charge < -0.3 is 140 Å². The number of aldehydes is 1. The Bertz CT molecular complexity index is 1640. The molecular formula is C37H62N2O29. The monoisotopic (exact) mass is 998 g/mol. The van der Waals surface area contributed by atoms with Crippen LogP contribution in [0, 0.1) is 0 Å². The molecule has 0 spiro atoms. The van der Waals surface area contributed by atoms with E-state index in [-0.39, 0.29) is 6.29 Å². The minimum absolute atomic E-state index is 0.165. The summed E-state index contributed by atoms with van der Waals surface area (Å²) in [4.78, 5) is 49.0. The van der Waals surface area contributed by atoms with Crippen LogP contribution < -0.4 is 10.6 Å². The molecule has 31 heteroatoms. The molecule has 0 bridgehead atoms. The Hall–Kier alpha value is -2.88. The molecule has 0 aromatic rings. The van der Waals surface area contributed by atoms with E-state index in [0.717, 1.165) is 13.8 Å². The summed E-state index contributed by atoms with van der Waals surface area (Å²) in [6.45, 7) is -3.69. The van der Waals surface area contributed by atoms with Crippen LogP contribution in [0.15, 0.2) is 0 Å². The van der Waals surface area contributed by atoms with Crippen LogP contribution in [0.1, 0.15) is 20.3 Å². The van der Waals surface area contributed by atoms with E-state index in [9.17, 15) is 106 Å². The Morgan fingerprint density at radius 3 is 1.75 bits per heavy atom. The zero-order valence-corrected chi connectivity index (χ0v) is 36.2. The first-order chi connectivity index (χ1) is 31.9. The first-order valence-electron chi connectivity index (χ1n) is 21.0. The number of carbonyl (C=O) groups excluding carboxylic acids is 3. The highest BCUT2D eigenvalue weighted by Crippen LogP contribution is 2.37. The predicted octanol–water partition coefficient (Wildman–Crippen LogP) is -12.6. The number of rotatable bonds is 22. The Balaban J connectivity index is 1.79. The molecule has 4 heterocycles. The number of carboxylic acid groups (broad SMARTS) is 1. The molecule has 0 saturated carbocycles. The second kappa shape index (κ2) is 25.0. The third kappa shape index (κ3) is 13.0. The van der Waals surface area contributed by atoms with E-state index in [0.29, 0.717) is 0 Å². The molecule has 0 radical (unpaired) electrons. The Morgan fingerprint density at radius 1 is 0.676 bits per heavy atom. The number of aliphatic carboxylic acids is 1. The number of carbonyl (C=O) groups is 4. The lowest BCUT2D eigenvalue weighted by Gasteiger charge is -2.50. The first kappa shape index (κ1) is 57.7. The molecule has 4 saturated heterocycles. The van der Waals surface area contributed by atoms with E-state index in [1.807, 2.05) is 0 Å². The van der Waals surface area contributed by atoms with Gasteiger partial charge in [0.1, 0.15) is 116 Å². The van der Waals surface area contributed by atoms with Crippen molar-refractivity contribution in [2.75, 3.05) is 33.0 Å². The fourth-order valence-electron chi connectivity index (χ4n) is 7.96. The van der Waals surface area contributed by atoms with Crippen LogP contribution in [0.25, 0.3) is 0 Å². The molecule has 394 valence electrons. The standard InChI is InChI=1S/C37H62N2O29/c1-10(45)38-19-12(47)3-37(36(59)60,68-31(19)22(52)14(49)5-41)61-9-18-25(55)30(66-34-27(57)26(56)23(53)16(7-43)62-34)20(39-11(2)46)33(64-18)67-32-24(54)17(8-44)63-35(28(32)58)65-29(15(50)6-42)21(51)13(48)4-40/h4,12-35,41-44,47-58H,3,5-9H2,1-2H3,(H,38,45)(H,39,46)(H,59,60). The second-order valence-electron chi connectivity index (χ2n) is 16.5. The van der Waals surface area contributed by atoms with Gasteiger partial charge in [0.05, 0.1) is 45.2 Å². The van der Waals surface area contributed by atoms with Crippen molar-refractivity contribution in [3.8, 4) is 0 Å². The van der Waals surface area contributed by atoms with E-state index >= 15 is 0 Å². The van der Waals surface area contributed by atoms with E-state index in [1.165, 1.54) is 0 Å². The summed E-state index contributed by atoms with van der Waals surface area (Å²) in [7, 11) is 0. The molecule has 0 aliphatic carbocycles. The molecule has 4 aliphatic rings. The van der Waals surface area contributed by atoms with Gasteiger partial charge in [0, 0.05) is 20.3 Å². The summed E-state index contributed by atoms with van der Waals surface area (Å²) in [5.74, 6) is -6.89. The Kier molecular flexibility index (Phi) is 21.2. The average Bonchev–Trinajstić information content (AvgIpc) is 3.30. The van der Waals surface area contributed by atoms with Crippen LogP contribution in [0.2, 0.25) is 0 Å². The van der Waals surface area contributed by atoms with E-state index in [4.69, 9.17) is 37.9 Å². The predicted molar refractivity (Wildman–Crippen MR) is 208 cm³/mol. The Labute approximate surface area is 384 Å². The molecule has 2 amide bonds. The van der Waals surface area contributed by atoms with Crippen LogP contribution >= 0.6 is 0 Å². The van der Waals surface area contributed by atoms with Crippen molar-refractivity contribution in [1.82, 2.24) is 10.6 Å². The maximum Gasteiger partial charge on any atom is 0.364 e. The summed E-state index contributed by atoms with van der Waals surface area (Å²) in [6.07, 6.45) is -47.6. The number of hydrogen-bond donors (Lipinski definition) is 19. The van der Waals surface area contributed by atoms with Gasteiger partial charge in [-0.2, -0.15) is 0 Å². The van der Waals surface area contributed by atoms with Crippen molar-refractivity contribution in [3.63, 3.8) is 0 Å². The number of hydrogen-bond acceptors (Lipinski definition) is 28. The van der Waals surface area contributed by atoms with Crippen molar-refractivity contribution in [2.24, 2.45) is 0 Å². The molecule has 0 aromatic heterocycles. The molecule has 31 nitrogen and oxygen atoms in total. The number of amides is 2. The molecule has 19 N–H and O–H groups in total. The van der Waals surface area contributed by atoms with Crippen LogP contribution in [-0.4, -0.2) is 297 Å². The molecule has 68 heavy (non-hydrogen) atoms. The van der Waals surface area contributed by atoms with Gasteiger partial charge in [-0.05, 0) is 0 Å². The second-order valence-corrected chi connectivity index (χ2v) is 16.5. The average molecular weight is 999 g/mol. The lowest BCUT2D eigenvalue weighted by molar-refractivity contribution is -0.376. The van der Waals surface area contributed by atoms with E-state index in [1.54, 1.807) is 0 Å². The number of carboxylic acids is 1. The zero-order chi connectivity index (χ0) is 51.1. The topological polar surface area (TPSA) is 510 Å². The summed E-state index contributed by atoms with van der Waals surface area (Å²) < 4.78 is 45.3. The highest BCUT2D eigenvalue weighted by Gasteiger charge is 2.59. The summed E-state index contributed by atoms with van der Waals surface area (Å²) in [5.41, 5.74) is 0. The van der Waals surface area contributed by atoms with E-state index in [2.05, 4.69) is 10.6 Å². The van der Waals surface area contributed by atoms with Crippen molar-refractivity contribution in [1.29, 1.82) is 0 Å². The minimum Gasteiger partial charge on any atom is -0.477 e. The van der Waals surface area contributed by atoms with Gasteiger partial charge in [-0.1, -0.05) is 0 Å². The quantitative estimate of drug-likeness (QED) is 0.0448. The van der Waals surface area contributed by atoms with Crippen molar-refractivity contribution >= 4 is 24.1 Å². The first-order valence-corrected chi connectivity index (χ1v) is 21.0. The summed E-state index contributed by atoms with van der Waals surface area (Å²) in [5, 5.41) is 184. The fourth-order valence-corrected chi connectivity index (χ4v) is 7.96. The number of aliphatic hydroxyl groups excluding tert-OH is 16. The molecule has 25 atom stereocenters. The van der Waals surface area contributed by atoms with Crippen LogP contribution in [0.4, 0.5) is 0 Å². The molecule has 0 aromatic carbocycles. The highest BCUT2D eigenvalue weighted by atomic mass is 16.8. The molecule has 4 aliphatic heterocycles. The van der Waals surface area contributed by atoms with Gasteiger partial charge in [-0.25, -0.2) is 4.79 Å². The molecule has 4 fully saturated rings. The van der Waals surface area contributed by atoms with Crippen molar-refractivity contribution in [3.05, 3.63) is 0 Å². The van der Waals surface area contributed by atoms with Crippen LogP contribution in [-0.2, 0) is 57.1 Å². The lowest BCUT2D eigenvalue weighted by atomic mass is 9.88. The maximum atomic E-state index is 13.0. The maximum absolute atomic E-state index is 13.0. The SMILES string of the molecule is CC(=O)NC1C(O)CC(OCC2OC(OC3C(O)C(CO)OC(OC(C(O)CO)C(O)C(O)C=O)C3O)C(NC(C)=O)C(OC3OC(CO)C(O)C(O)C3O)C2O)(C(=O)O)OC1C(O)C(O)CO. The van der Waals surface area contributed by atoms with Gasteiger partial charge in [-0.3, -0.25) is 9.59 Å². The highest BCUT2D eigenvalue weighted by molar-refractivity contribution is 5.76. The third-order valence-corrected chi connectivity index (χ3v) is 11.6. The number of ether oxygens (including phenoxy) is 8. The van der Waals surface area contributed by atoms with Crippen LogP contribution in [0.5, 0.6) is 0 Å². The number of aliphatic hydroxyl groups is 16. The number of nitrogens with one attached hydrogen (secondary N) is 2. The minimum atomic E-state index is -3.08.